The molecule has 1 fully saturated rings. The van der Waals surface area contributed by atoms with Crippen molar-refractivity contribution in [1.29, 1.82) is 0 Å². The highest BCUT2D eigenvalue weighted by Crippen LogP contribution is 2.23. The zero-order chi connectivity index (χ0) is 16.6. The number of nitrogens with zero attached hydrogens (tertiary/aromatic N) is 1. The molecule has 0 aliphatic heterocycles. The number of para-hydroxylation sites is 1. The van der Waals surface area contributed by atoms with Gasteiger partial charge in [0.25, 0.3) is 0 Å². The summed E-state index contributed by atoms with van der Waals surface area (Å²) in [6.45, 7) is 0.551. The Balaban J connectivity index is 1.51. The topological polar surface area (TPSA) is 59.6 Å². The second-order valence-electron chi connectivity index (χ2n) is 6.21. The highest BCUT2D eigenvalue weighted by molar-refractivity contribution is 5.92. The molecule has 4 nitrogen and oxygen atoms in total. The van der Waals surface area contributed by atoms with Gasteiger partial charge in [0.2, 0.25) is 0 Å². The van der Waals surface area contributed by atoms with E-state index in [1.165, 1.54) is 32.1 Å². The number of guanidine groups is 1. The first-order valence-corrected chi connectivity index (χ1v) is 8.67. The third-order valence-corrected chi connectivity index (χ3v) is 4.26. The molecule has 1 saturated carbocycles. The summed E-state index contributed by atoms with van der Waals surface area (Å²) in [4.78, 5) is 4.38. The van der Waals surface area contributed by atoms with Crippen molar-refractivity contribution in [1.82, 2.24) is 0 Å². The molecule has 1 aliphatic rings. The molecule has 2 aromatic carbocycles. The van der Waals surface area contributed by atoms with Crippen LogP contribution in [-0.2, 0) is 6.54 Å². The van der Waals surface area contributed by atoms with Gasteiger partial charge in [-0.05, 0) is 55.5 Å². The van der Waals surface area contributed by atoms with Crippen molar-refractivity contribution in [3.05, 3.63) is 60.2 Å². The molecule has 0 bridgehead atoms. The van der Waals surface area contributed by atoms with Crippen molar-refractivity contribution in [3.8, 4) is 5.75 Å². The smallest absolute Gasteiger partial charge is 0.193 e. The molecule has 126 valence electrons. The average molecular weight is 323 g/mol. The van der Waals surface area contributed by atoms with Crippen LogP contribution in [0.15, 0.2) is 59.6 Å². The van der Waals surface area contributed by atoms with E-state index in [0.717, 1.165) is 17.0 Å². The molecule has 0 unspecified atom stereocenters. The zero-order valence-electron chi connectivity index (χ0n) is 13.9. The molecule has 0 radical (unpaired) electrons. The predicted molar refractivity (Wildman–Crippen MR) is 99.3 cm³/mol. The van der Waals surface area contributed by atoms with Crippen LogP contribution in [0.3, 0.4) is 0 Å². The van der Waals surface area contributed by atoms with Crippen molar-refractivity contribution < 1.29 is 4.74 Å². The van der Waals surface area contributed by atoms with Gasteiger partial charge in [-0.1, -0.05) is 36.8 Å². The monoisotopic (exact) mass is 323 g/mol. The Kier molecular flexibility index (Phi) is 5.72. The number of anilines is 1. The van der Waals surface area contributed by atoms with Crippen LogP contribution in [0.5, 0.6) is 5.75 Å². The first-order valence-electron chi connectivity index (χ1n) is 8.67. The van der Waals surface area contributed by atoms with E-state index in [1.807, 2.05) is 42.5 Å². The number of hydrogen-bond donors (Lipinski definition) is 2. The Morgan fingerprint density at radius 3 is 2.42 bits per heavy atom. The van der Waals surface area contributed by atoms with Crippen LogP contribution in [0, 0.1) is 0 Å². The van der Waals surface area contributed by atoms with E-state index in [2.05, 4.69) is 22.4 Å². The maximum absolute atomic E-state index is 6.04. The van der Waals surface area contributed by atoms with Crippen LogP contribution in [0.25, 0.3) is 0 Å². The van der Waals surface area contributed by atoms with Crippen LogP contribution in [0.4, 0.5) is 5.69 Å². The fourth-order valence-electron chi connectivity index (χ4n) is 2.93. The van der Waals surface area contributed by atoms with E-state index in [4.69, 9.17) is 10.5 Å². The van der Waals surface area contributed by atoms with Crippen LogP contribution in [-0.4, -0.2) is 12.1 Å². The molecule has 0 amide bonds. The summed E-state index contributed by atoms with van der Waals surface area (Å²) in [5, 5.41) is 3.08. The highest BCUT2D eigenvalue weighted by Gasteiger charge is 2.14. The number of benzene rings is 2. The van der Waals surface area contributed by atoms with Gasteiger partial charge in [0.1, 0.15) is 5.75 Å². The van der Waals surface area contributed by atoms with Gasteiger partial charge < -0.3 is 15.8 Å². The van der Waals surface area contributed by atoms with Crippen molar-refractivity contribution in [2.24, 2.45) is 10.7 Å². The molecule has 3 N–H and O–H groups in total. The number of rotatable bonds is 5. The molecule has 4 heteroatoms. The van der Waals surface area contributed by atoms with Gasteiger partial charge in [-0.25, -0.2) is 4.99 Å². The SMILES string of the molecule is NC(=NCc1ccc(OC2CCCCC2)cc1)Nc1ccccc1. The van der Waals surface area contributed by atoms with Gasteiger partial charge in [0, 0.05) is 5.69 Å². The van der Waals surface area contributed by atoms with E-state index < -0.39 is 0 Å². The lowest BCUT2D eigenvalue weighted by molar-refractivity contribution is 0.155. The maximum atomic E-state index is 6.04. The van der Waals surface area contributed by atoms with Gasteiger partial charge in [0.05, 0.1) is 12.6 Å². The van der Waals surface area contributed by atoms with E-state index in [-0.39, 0.29) is 0 Å². The van der Waals surface area contributed by atoms with Gasteiger partial charge in [-0.15, -0.1) is 0 Å². The van der Waals surface area contributed by atoms with E-state index in [1.54, 1.807) is 0 Å². The molecule has 0 spiro atoms. The van der Waals surface area contributed by atoms with Crippen molar-refractivity contribution >= 4 is 11.6 Å². The van der Waals surface area contributed by atoms with E-state index >= 15 is 0 Å². The molecular formula is C20H25N3O. The first-order chi connectivity index (χ1) is 11.8. The Morgan fingerprint density at radius 1 is 1.00 bits per heavy atom. The van der Waals surface area contributed by atoms with Crippen molar-refractivity contribution in [2.45, 2.75) is 44.8 Å². The Labute approximate surface area is 143 Å². The third-order valence-electron chi connectivity index (χ3n) is 4.26. The lowest BCUT2D eigenvalue weighted by Crippen LogP contribution is -2.22. The average Bonchev–Trinajstić information content (AvgIpc) is 2.63. The van der Waals surface area contributed by atoms with E-state index in [0.29, 0.717) is 18.6 Å². The summed E-state index contributed by atoms with van der Waals surface area (Å²) in [5.74, 6) is 1.37. The van der Waals surface area contributed by atoms with Crippen LogP contribution in [0.2, 0.25) is 0 Å². The van der Waals surface area contributed by atoms with Gasteiger partial charge in [-0.3, -0.25) is 0 Å². The maximum Gasteiger partial charge on any atom is 0.193 e. The molecule has 2 aromatic rings. The van der Waals surface area contributed by atoms with E-state index in [9.17, 15) is 0 Å². The first kappa shape index (κ1) is 16.4. The molecule has 0 saturated heterocycles. The highest BCUT2D eigenvalue weighted by atomic mass is 16.5. The minimum Gasteiger partial charge on any atom is -0.490 e. The molecular weight excluding hydrogens is 298 g/mol. The lowest BCUT2D eigenvalue weighted by Gasteiger charge is -2.23. The third kappa shape index (κ3) is 5.01. The fraction of sp³-hybridized carbons (Fsp3) is 0.350. The van der Waals surface area contributed by atoms with Crippen LogP contribution >= 0.6 is 0 Å². The molecule has 0 atom stereocenters. The second-order valence-corrected chi connectivity index (χ2v) is 6.21. The van der Waals surface area contributed by atoms with Crippen LogP contribution in [0.1, 0.15) is 37.7 Å². The normalized spacial score (nSPS) is 15.9. The standard InChI is InChI=1S/C20H25N3O/c21-20(23-17-7-3-1-4-8-17)22-15-16-11-13-19(14-12-16)24-18-9-5-2-6-10-18/h1,3-4,7-8,11-14,18H,2,5-6,9-10,15H2,(H3,21,22,23). The summed E-state index contributed by atoms with van der Waals surface area (Å²) in [6.07, 6.45) is 6.64. The predicted octanol–water partition coefficient (Wildman–Crippen LogP) is 4.32. The Bertz CT molecular complexity index is 646. The number of hydrogen-bond acceptors (Lipinski definition) is 2. The van der Waals surface area contributed by atoms with Crippen molar-refractivity contribution in [3.63, 3.8) is 0 Å². The second kappa shape index (κ2) is 8.39. The lowest BCUT2D eigenvalue weighted by atomic mass is 9.98. The zero-order valence-corrected chi connectivity index (χ0v) is 13.9. The number of aliphatic imine (C=N–C) groups is 1. The molecule has 24 heavy (non-hydrogen) atoms. The Morgan fingerprint density at radius 2 is 1.71 bits per heavy atom. The van der Waals surface area contributed by atoms with Gasteiger partial charge in [0.15, 0.2) is 5.96 Å². The van der Waals surface area contributed by atoms with Gasteiger partial charge in [-0.2, -0.15) is 0 Å². The molecule has 0 aromatic heterocycles. The minimum atomic E-state index is 0.383. The number of ether oxygens (including phenoxy) is 1. The summed E-state index contributed by atoms with van der Waals surface area (Å²) in [6, 6.07) is 18.0. The largest absolute Gasteiger partial charge is 0.490 e. The Hall–Kier alpha value is -2.49. The summed E-state index contributed by atoms with van der Waals surface area (Å²) < 4.78 is 6.04. The molecule has 1 aliphatic carbocycles. The fourth-order valence-corrected chi connectivity index (χ4v) is 2.93. The minimum absolute atomic E-state index is 0.383. The number of nitrogens with two attached hydrogens (primary N) is 1. The quantitative estimate of drug-likeness (QED) is 0.636. The summed E-state index contributed by atoms with van der Waals surface area (Å²) >= 11 is 0. The summed E-state index contributed by atoms with van der Waals surface area (Å²) in [5.41, 5.74) is 7.98. The number of nitrogens with one attached hydrogen (secondary N) is 1. The van der Waals surface area contributed by atoms with Crippen molar-refractivity contribution in [2.75, 3.05) is 5.32 Å². The van der Waals surface area contributed by atoms with Gasteiger partial charge >= 0.3 is 0 Å². The molecule has 0 heterocycles. The van der Waals surface area contributed by atoms with Crippen LogP contribution < -0.4 is 15.8 Å². The molecule has 3 rings (SSSR count). The summed E-state index contributed by atoms with van der Waals surface area (Å²) in [7, 11) is 0.